The molecule has 0 aromatic heterocycles. The standard InChI is InChI=1S/C22H17Cl2N3O2S/c1-13-4-2-6-18(8-13)25-20(28)14-5-3-7-19(11-14)26-22(30)27-21(29)15-9-16(23)12-17(24)10-15/h2-12H,1H3,(H,25,28)(H2,26,27,29,30). The van der Waals surface area contributed by atoms with Crippen LogP contribution < -0.4 is 16.0 Å². The third kappa shape index (κ3) is 6.03. The third-order valence-electron chi connectivity index (χ3n) is 4.01. The van der Waals surface area contributed by atoms with E-state index in [2.05, 4.69) is 16.0 Å². The topological polar surface area (TPSA) is 70.2 Å². The van der Waals surface area contributed by atoms with Crippen molar-refractivity contribution in [2.45, 2.75) is 6.92 Å². The van der Waals surface area contributed by atoms with Gasteiger partial charge in [0.05, 0.1) is 0 Å². The number of carbonyl (C=O) groups is 2. The number of nitrogens with one attached hydrogen (secondary N) is 3. The van der Waals surface area contributed by atoms with Crippen LogP contribution in [0.4, 0.5) is 11.4 Å². The Hall–Kier alpha value is -2.93. The van der Waals surface area contributed by atoms with E-state index in [0.717, 1.165) is 5.56 Å². The number of anilines is 2. The van der Waals surface area contributed by atoms with Crippen molar-refractivity contribution >= 4 is 63.7 Å². The number of carbonyl (C=O) groups excluding carboxylic acids is 2. The summed E-state index contributed by atoms with van der Waals surface area (Å²) in [6.07, 6.45) is 0. The van der Waals surface area contributed by atoms with Crippen LogP contribution >= 0.6 is 35.4 Å². The molecule has 0 heterocycles. The van der Waals surface area contributed by atoms with Gasteiger partial charge in [0, 0.05) is 32.5 Å². The molecule has 30 heavy (non-hydrogen) atoms. The molecule has 3 N–H and O–H groups in total. The predicted octanol–water partition coefficient (Wildman–Crippen LogP) is 5.68. The zero-order valence-corrected chi connectivity index (χ0v) is 18.2. The fourth-order valence-electron chi connectivity index (χ4n) is 2.69. The number of benzene rings is 3. The Bertz CT molecular complexity index is 1110. The highest BCUT2D eigenvalue weighted by molar-refractivity contribution is 7.80. The average Bonchev–Trinajstić information content (AvgIpc) is 2.67. The molecule has 0 fully saturated rings. The SMILES string of the molecule is Cc1cccc(NC(=O)c2cccc(NC(=S)NC(=O)c3cc(Cl)cc(Cl)c3)c2)c1. The first-order chi connectivity index (χ1) is 14.3. The molecule has 8 heteroatoms. The molecule has 3 aromatic carbocycles. The molecule has 0 aliphatic heterocycles. The second-order valence-electron chi connectivity index (χ2n) is 6.47. The summed E-state index contributed by atoms with van der Waals surface area (Å²) in [5, 5.41) is 9.07. The summed E-state index contributed by atoms with van der Waals surface area (Å²) in [5.41, 5.74) is 3.04. The minimum atomic E-state index is -0.453. The average molecular weight is 458 g/mol. The zero-order chi connectivity index (χ0) is 21.7. The van der Waals surface area contributed by atoms with Crippen LogP contribution in [0.2, 0.25) is 10.0 Å². The minimum Gasteiger partial charge on any atom is -0.332 e. The van der Waals surface area contributed by atoms with Gasteiger partial charge < -0.3 is 10.6 Å². The predicted molar refractivity (Wildman–Crippen MR) is 126 cm³/mol. The van der Waals surface area contributed by atoms with Crippen LogP contribution in [0.5, 0.6) is 0 Å². The molecule has 0 atom stereocenters. The summed E-state index contributed by atoms with van der Waals surface area (Å²) in [6.45, 7) is 1.95. The number of amides is 2. The normalized spacial score (nSPS) is 10.2. The Morgan fingerprint density at radius 1 is 0.767 bits per heavy atom. The van der Waals surface area contributed by atoms with Crippen molar-refractivity contribution in [3.05, 3.63) is 93.5 Å². The van der Waals surface area contributed by atoms with Crippen LogP contribution in [0, 0.1) is 6.92 Å². The first-order valence-electron chi connectivity index (χ1n) is 8.87. The van der Waals surface area contributed by atoms with E-state index in [1.54, 1.807) is 24.3 Å². The highest BCUT2D eigenvalue weighted by Gasteiger charge is 2.11. The smallest absolute Gasteiger partial charge is 0.257 e. The maximum Gasteiger partial charge on any atom is 0.257 e. The summed E-state index contributed by atoms with van der Waals surface area (Å²) in [4.78, 5) is 24.9. The Morgan fingerprint density at radius 2 is 1.40 bits per heavy atom. The lowest BCUT2D eigenvalue weighted by Gasteiger charge is -2.11. The van der Waals surface area contributed by atoms with Crippen molar-refractivity contribution < 1.29 is 9.59 Å². The van der Waals surface area contributed by atoms with Crippen LogP contribution in [0.15, 0.2) is 66.7 Å². The van der Waals surface area contributed by atoms with Crippen LogP contribution in [0.25, 0.3) is 0 Å². The molecule has 0 unspecified atom stereocenters. The van der Waals surface area contributed by atoms with E-state index < -0.39 is 5.91 Å². The van der Waals surface area contributed by atoms with Crippen molar-refractivity contribution in [1.82, 2.24) is 5.32 Å². The van der Waals surface area contributed by atoms with Gasteiger partial charge in [0.25, 0.3) is 11.8 Å². The Labute approximate surface area is 189 Å². The third-order valence-corrected chi connectivity index (χ3v) is 4.65. The first kappa shape index (κ1) is 21.8. The van der Waals surface area contributed by atoms with E-state index in [0.29, 0.717) is 27.0 Å². The van der Waals surface area contributed by atoms with Gasteiger partial charge in [-0.1, -0.05) is 41.4 Å². The molecule has 0 aliphatic rings. The minimum absolute atomic E-state index is 0.0762. The van der Waals surface area contributed by atoms with Gasteiger partial charge in [-0.05, 0) is 73.2 Å². The lowest BCUT2D eigenvalue weighted by molar-refractivity contribution is 0.0976. The zero-order valence-electron chi connectivity index (χ0n) is 15.8. The quantitative estimate of drug-likeness (QED) is 0.440. The van der Waals surface area contributed by atoms with Gasteiger partial charge in [0.15, 0.2) is 5.11 Å². The fourth-order valence-corrected chi connectivity index (χ4v) is 3.42. The Balaban J connectivity index is 1.64. The number of aryl methyl sites for hydroxylation is 1. The molecule has 5 nitrogen and oxygen atoms in total. The van der Waals surface area contributed by atoms with E-state index in [-0.39, 0.29) is 16.6 Å². The molecular weight excluding hydrogens is 441 g/mol. The van der Waals surface area contributed by atoms with Gasteiger partial charge in [-0.15, -0.1) is 0 Å². The van der Waals surface area contributed by atoms with Gasteiger partial charge >= 0.3 is 0 Å². The number of hydrogen-bond acceptors (Lipinski definition) is 3. The summed E-state index contributed by atoms with van der Waals surface area (Å²) < 4.78 is 0. The van der Waals surface area contributed by atoms with Gasteiger partial charge in [0.1, 0.15) is 0 Å². The van der Waals surface area contributed by atoms with Crippen molar-refractivity contribution in [1.29, 1.82) is 0 Å². The Morgan fingerprint density at radius 3 is 2.07 bits per heavy atom. The first-order valence-corrected chi connectivity index (χ1v) is 10.0. The Kier molecular flexibility index (Phi) is 7.05. The molecule has 0 saturated heterocycles. The van der Waals surface area contributed by atoms with Crippen molar-refractivity contribution in [2.75, 3.05) is 10.6 Å². The molecule has 0 bridgehead atoms. The summed E-state index contributed by atoms with van der Waals surface area (Å²) in [6, 6.07) is 18.8. The second-order valence-corrected chi connectivity index (χ2v) is 7.75. The van der Waals surface area contributed by atoms with Crippen LogP contribution in [-0.2, 0) is 0 Å². The molecular formula is C22H17Cl2N3O2S. The highest BCUT2D eigenvalue weighted by atomic mass is 35.5. The lowest BCUT2D eigenvalue weighted by Crippen LogP contribution is -2.34. The van der Waals surface area contributed by atoms with Crippen molar-refractivity contribution in [3.8, 4) is 0 Å². The van der Waals surface area contributed by atoms with Gasteiger partial charge in [-0.3, -0.25) is 14.9 Å². The molecule has 0 radical (unpaired) electrons. The molecule has 3 aromatic rings. The second kappa shape index (κ2) is 9.71. The van der Waals surface area contributed by atoms with Crippen LogP contribution in [0.3, 0.4) is 0 Å². The maximum atomic E-state index is 12.5. The van der Waals surface area contributed by atoms with E-state index >= 15 is 0 Å². The molecule has 0 aliphatic carbocycles. The monoisotopic (exact) mass is 457 g/mol. The van der Waals surface area contributed by atoms with E-state index in [4.69, 9.17) is 35.4 Å². The number of thiocarbonyl (C=S) groups is 1. The van der Waals surface area contributed by atoms with E-state index in [1.807, 2.05) is 31.2 Å². The van der Waals surface area contributed by atoms with Crippen molar-refractivity contribution in [2.24, 2.45) is 0 Å². The molecule has 2 amide bonds. The molecule has 3 rings (SSSR count). The number of halogens is 2. The van der Waals surface area contributed by atoms with Crippen molar-refractivity contribution in [3.63, 3.8) is 0 Å². The number of hydrogen-bond donors (Lipinski definition) is 3. The molecule has 152 valence electrons. The molecule has 0 saturated carbocycles. The van der Waals surface area contributed by atoms with E-state index in [1.165, 1.54) is 18.2 Å². The lowest BCUT2D eigenvalue weighted by atomic mass is 10.1. The van der Waals surface area contributed by atoms with E-state index in [9.17, 15) is 9.59 Å². The summed E-state index contributed by atoms with van der Waals surface area (Å²) in [7, 11) is 0. The molecule has 0 spiro atoms. The fraction of sp³-hybridized carbons (Fsp3) is 0.0455. The maximum absolute atomic E-state index is 12.5. The largest absolute Gasteiger partial charge is 0.332 e. The summed E-state index contributed by atoms with van der Waals surface area (Å²) in [5.74, 6) is -0.710. The van der Waals surface area contributed by atoms with Crippen LogP contribution in [0.1, 0.15) is 26.3 Å². The summed E-state index contributed by atoms with van der Waals surface area (Å²) >= 11 is 17.0. The van der Waals surface area contributed by atoms with Gasteiger partial charge in [-0.2, -0.15) is 0 Å². The van der Waals surface area contributed by atoms with Gasteiger partial charge in [-0.25, -0.2) is 0 Å². The van der Waals surface area contributed by atoms with Crippen LogP contribution in [-0.4, -0.2) is 16.9 Å². The highest BCUT2D eigenvalue weighted by Crippen LogP contribution is 2.19. The number of rotatable bonds is 4. The van der Waals surface area contributed by atoms with Gasteiger partial charge in [0.2, 0.25) is 0 Å².